The standard InChI is InChI=1S/C13H15N3O4S/c1-8-12(9(2)16(3)14-8)21(19,20)15-11-6-4-10(5-7-11)13(17)18/h4-7,15H,1-3H3,(H,17,18). The lowest BCUT2D eigenvalue weighted by Crippen LogP contribution is -2.15. The van der Waals surface area contributed by atoms with Crippen LogP contribution in [0.1, 0.15) is 21.7 Å². The molecule has 1 aromatic carbocycles. The first-order valence-electron chi connectivity index (χ1n) is 6.09. The summed E-state index contributed by atoms with van der Waals surface area (Å²) in [7, 11) is -2.10. The number of aryl methyl sites for hydroxylation is 2. The number of carbonyl (C=O) groups is 1. The van der Waals surface area contributed by atoms with Crippen LogP contribution in [0.3, 0.4) is 0 Å². The molecule has 2 rings (SSSR count). The van der Waals surface area contributed by atoms with Crippen LogP contribution in [0.4, 0.5) is 5.69 Å². The van der Waals surface area contributed by atoms with E-state index in [1.165, 1.54) is 28.9 Å². The second-order valence-corrected chi connectivity index (χ2v) is 6.23. The van der Waals surface area contributed by atoms with Gasteiger partial charge in [-0.1, -0.05) is 0 Å². The van der Waals surface area contributed by atoms with Gasteiger partial charge in [0.2, 0.25) is 0 Å². The fraction of sp³-hybridized carbons (Fsp3) is 0.231. The van der Waals surface area contributed by atoms with E-state index in [9.17, 15) is 13.2 Å². The highest BCUT2D eigenvalue weighted by Crippen LogP contribution is 2.22. The van der Waals surface area contributed by atoms with Crippen LogP contribution in [0.5, 0.6) is 0 Å². The molecule has 0 atom stereocenters. The minimum atomic E-state index is -3.77. The number of carboxylic acids is 1. The second-order valence-electron chi connectivity index (χ2n) is 4.61. The van der Waals surface area contributed by atoms with Gasteiger partial charge in [-0.3, -0.25) is 9.40 Å². The van der Waals surface area contributed by atoms with E-state index in [1.54, 1.807) is 20.9 Å². The number of aromatic nitrogens is 2. The molecule has 8 heteroatoms. The van der Waals surface area contributed by atoms with Crippen molar-refractivity contribution in [3.63, 3.8) is 0 Å². The minimum Gasteiger partial charge on any atom is -0.478 e. The average molecular weight is 309 g/mol. The Balaban J connectivity index is 2.35. The molecule has 21 heavy (non-hydrogen) atoms. The zero-order chi connectivity index (χ0) is 15.8. The van der Waals surface area contributed by atoms with Crippen molar-refractivity contribution < 1.29 is 18.3 Å². The molecule has 0 aliphatic heterocycles. The van der Waals surface area contributed by atoms with Crippen LogP contribution < -0.4 is 4.72 Å². The molecule has 0 saturated carbocycles. The van der Waals surface area contributed by atoms with Gasteiger partial charge in [0, 0.05) is 12.7 Å². The van der Waals surface area contributed by atoms with Gasteiger partial charge in [-0.2, -0.15) is 5.10 Å². The van der Waals surface area contributed by atoms with E-state index >= 15 is 0 Å². The van der Waals surface area contributed by atoms with Crippen molar-refractivity contribution in [2.75, 3.05) is 4.72 Å². The van der Waals surface area contributed by atoms with E-state index in [4.69, 9.17) is 5.11 Å². The number of carboxylic acid groups (broad SMARTS) is 1. The van der Waals surface area contributed by atoms with Gasteiger partial charge in [0.25, 0.3) is 10.0 Å². The van der Waals surface area contributed by atoms with E-state index in [-0.39, 0.29) is 10.5 Å². The number of hydrogen-bond acceptors (Lipinski definition) is 4. The molecular formula is C13H15N3O4S. The predicted molar refractivity (Wildman–Crippen MR) is 76.9 cm³/mol. The fourth-order valence-electron chi connectivity index (χ4n) is 2.03. The molecule has 0 aliphatic carbocycles. The number of anilines is 1. The Morgan fingerprint density at radius 3 is 2.24 bits per heavy atom. The maximum Gasteiger partial charge on any atom is 0.335 e. The molecule has 2 N–H and O–H groups in total. The van der Waals surface area contributed by atoms with Gasteiger partial charge in [-0.15, -0.1) is 0 Å². The van der Waals surface area contributed by atoms with Crippen LogP contribution in [0.2, 0.25) is 0 Å². The summed E-state index contributed by atoms with van der Waals surface area (Å²) in [6.45, 7) is 3.29. The molecule has 0 spiro atoms. The summed E-state index contributed by atoms with van der Waals surface area (Å²) in [4.78, 5) is 10.9. The SMILES string of the molecule is Cc1nn(C)c(C)c1S(=O)(=O)Nc1ccc(C(=O)O)cc1. The zero-order valence-electron chi connectivity index (χ0n) is 11.8. The number of nitrogens with one attached hydrogen (secondary N) is 1. The van der Waals surface area contributed by atoms with Gasteiger partial charge < -0.3 is 5.11 Å². The van der Waals surface area contributed by atoms with Crippen LogP contribution >= 0.6 is 0 Å². The molecule has 0 amide bonds. The van der Waals surface area contributed by atoms with Gasteiger partial charge in [0.1, 0.15) is 4.90 Å². The molecule has 1 heterocycles. The van der Waals surface area contributed by atoms with Gasteiger partial charge in [-0.25, -0.2) is 13.2 Å². The molecule has 7 nitrogen and oxygen atoms in total. The number of sulfonamides is 1. The summed E-state index contributed by atoms with van der Waals surface area (Å²) in [6, 6.07) is 5.48. The van der Waals surface area contributed by atoms with Crippen molar-refractivity contribution in [3.05, 3.63) is 41.2 Å². The highest BCUT2D eigenvalue weighted by molar-refractivity contribution is 7.92. The van der Waals surface area contributed by atoms with Crippen LogP contribution in [-0.2, 0) is 17.1 Å². The number of hydrogen-bond donors (Lipinski definition) is 2. The van der Waals surface area contributed by atoms with Crippen molar-refractivity contribution in [3.8, 4) is 0 Å². The molecule has 0 fully saturated rings. The molecule has 1 aromatic heterocycles. The largest absolute Gasteiger partial charge is 0.478 e. The maximum absolute atomic E-state index is 12.4. The van der Waals surface area contributed by atoms with Crippen LogP contribution in [-0.4, -0.2) is 29.3 Å². The van der Waals surface area contributed by atoms with Gasteiger partial charge in [0.05, 0.1) is 17.0 Å². The highest BCUT2D eigenvalue weighted by Gasteiger charge is 2.23. The van der Waals surface area contributed by atoms with Crippen molar-refractivity contribution in [1.82, 2.24) is 9.78 Å². The van der Waals surface area contributed by atoms with Crippen molar-refractivity contribution in [2.24, 2.45) is 7.05 Å². The molecule has 112 valence electrons. The summed E-state index contributed by atoms with van der Waals surface area (Å²) >= 11 is 0. The third-order valence-electron chi connectivity index (χ3n) is 3.10. The van der Waals surface area contributed by atoms with Crippen molar-refractivity contribution >= 4 is 21.7 Å². The van der Waals surface area contributed by atoms with E-state index in [0.29, 0.717) is 17.1 Å². The van der Waals surface area contributed by atoms with Crippen molar-refractivity contribution in [2.45, 2.75) is 18.7 Å². The molecule has 0 radical (unpaired) electrons. The fourth-order valence-corrected chi connectivity index (χ4v) is 3.53. The monoisotopic (exact) mass is 309 g/mol. The molecule has 0 saturated heterocycles. The van der Waals surface area contributed by atoms with E-state index in [2.05, 4.69) is 9.82 Å². The van der Waals surface area contributed by atoms with Gasteiger partial charge in [0.15, 0.2) is 0 Å². The van der Waals surface area contributed by atoms with E-state index in [0.717, 1.165) is 0 Å². The van der Waals surface area contributed by atoms with E-state index in [1.807, 2.05) is 0 Å². The van der Waals surface area contributed by atoms with Crippen LogP contribution in [0, 0.1) is 13.8 Å². The quantitative estimate of drug-likeness (QED) is 0.892. The predicted octanol–water partition coefficient (Wildman–Crippen LogP) is 1.54. The number of rotatable bonds is 4. The van der Waals surface area contributed by atoms with Crippen LogP contribution in [0.15, 0.2) is 29.2 Å². The summed E-state index contributed by atoms with van der Waals surface area (Å²) < 4.78 is 28.7. The first-order chi connectivity index (χ1) is 9.72. The van der Waals surface area contributed by atoms with Crippen molar-refractivity contribution in [1.29, 1.82) is 0 Å². The van der Waals surface area contributed by atoms with Gasteiger partial charge in [-0.05, 0) is 38.1 Å². The Kier molecular flexibility index (Phi) is 3.73. The normalized spacial score (nSPS) is 11.4. The number of nitrogens with zero attached hydrogens (tertiary/aromatic N) is 2. The summed E-state index contributed by atoms with van der Waals surface area (Å²) in [5.41, 5.74) is 1.32. The maximum atomic E-state index is 12.4. The number of aromatic carboxylic acids is 1. The Labute approximate surface area is 122 Å². The summed E-state index contributed by atoms with van der Waals surface area (Å²) in [5.74, 6) is -1.07. The summed E-state index contributed by atoms with van der Waals surface area (Å²) in [5, 5.41) is 12.9. The molecule has 2 aromatic rings. The van der Waals surface area contributed by atoms with Gasteiger partial charge >= 0.3 is 5.97 Å². The second kappa shape index (κ2) is 5.21. The highest BCUT2D eigenvalue weighted by atomic mass is 32.2. The molecule has 0 aliphatic rings. The average Bonchev–Trinajstić information content (AvgIpc) is 2.63. The lowest BCUT2D eigenvalue weighted by molar-refractivity contribution is 0.0697. The zero-order valence-corrected chi connectivity index (χ0v) is 12.6. The molecular weight excluding hydrogens is 294 g/mol. The minimum absolute atomic E-state index is 0.0895. The Hall–Kier alpha value is -2.35. The first-order valence-corrected chi connectivity index (χ1v) is 7.57. The molecule has 0 unspecified atom stereocenters. The summed E-state index contributed by atoms with van der Waals surface area (Å²) in [6.07, 6.45) is 0. The Bertz CT molecular complexity index is 792. The number of benzene rings is 1. The smallest absolute Gasteiger partial charge is 0.335 e. The Morgan fingerprint density at radius 1 is 1.24 bits per heavy atom. The van der Waals surface area contributed by atoms with E-state index < -0.39 is 16.0 Å². The topological polar surface area (TPSA) is 101 Å². The molecule has 0 bridgehead atoms. The lowest BCUT2D eigenvalue weighted by atomic mass is 10.2. The third-order valence-corrected chi connectivity index (χ3v) is 4.73. The lowest BCUT2D eigenvalue weighted by Gasteiger charge is -2.08. The Morgan fingerprint density at radius 2 is 1.81 bits per heavy atom. The van der Waals surface area contributed by atoms with Crippen LogP contribution in [0.25, 0.3) is 0 Å². The first kappa shape index (κ1) is 15.0. The third kappa shape index (κ3) is 2.89.